The molecule has 4 nitrogen and oxygen atoms in total. The Hall–Kier alpha value is -1.26. The van der Waals surface area contributed by atoms with E-state index in [2.05, 4.69) is 46.5 Å². The average molecular weight is 363 g/mol. The van der Waals surface area contributed by atoms with E-state index < -0.39 is 0 Å². The quantitative estimate of drug-likeness (QED) is 0.599. The molecule has 0 bridgehead atoms. The zero-order valence-electron chi connectivity index (χ0n) is 15.5. The predicted octanol–water partition coefficient (Wildman–Crippen LogP) is 3.63. The Bertz CT molecular complexity index is 581. The summed E-state index contributed by atoms with van der Waals surface area (Å²) < 4.78 is 0. The zero-order chi connectivity index (χ0) is 17.6. The summed E-state index contributed by atoms with van der Waals surface area (Å²) in [5.41, 5.74) is 1.33. The first kappa shape index (κ1) is 18.5. The predicted molar refractivity (Wildman–Crippen MR) is 107 cm³/mol. The highest BCUT2D eigenvalue weighted by Gasteiger charge is 2.39. The van der Waals surface area contributed by atoms with Crippen molar-refractivity contribution in [1.82, 2.24) is 15.5 Å². The molecule has 1 saturated carbocycles. The van der Waals surface area contributed by atoms with Gasteiger partial charge in [0.25, 0.3) is 0 Å². The van der Waals surface area contributed by atoms with Crippen molar-refractivity contribution in [3.63, 3.8) is 0 Å². The molecular formula is C20H31ClN4. The molecule has 138 valence electrons. The standard InChI is InChI=1S/C20H31ClN4/c1-3-10-25-11-8-17(9-12-25)23-20(22-4-2)24-19-14-18(19)15-6-5-7-16(21)13-15/h5-7,13,17-19H,3-4,8-12,14H2,1-2H3,(H2,22,23,24). The lowest BCUT2D eigenvalue weighted by Crippen LogP contribution is -2.49. The molecule has 2 N–H and O–H groups in total. The normalized spacial score (nSPS) is 25.0. The summed E-state index contributed by atoms with van der Waals surface area (Å²) in [5, 5.41) is 8.11. The molecule has 0 spiro atoms. The van der Waals surface area contributed by atoms with Crippen LogP contribution in [0.5, 0.6) is 0 Å². The second-order valence-corrected chi connectivity index (χ2v) is 7.67. The summed E-state index contributed by atoms with van der Waals surface area (Å²) in [4.78, 5) is 7.22. The summed E-state index contributed by atoms with van der Waals surface area (Å²) in [5.74, 6) is 1.53. The Morgan fingerprint density at radius 2 is 2.04 bits per heavy atom. The number of likely N-dealkylation sites (tertiary alicyclic amines) is 1. The number of hydrogen-bond acceptors (Lipinski definition) is 2. The van der Waals surface area contributed by atoms with E-state index in [4.69, 9.17) is 11.6 Å². The van der Waals surface area contributed by atoms with Gasteiger partial charge in [0.05, 0.1) is 0 Å². The van der Waals surface area contributed by atoms with Gasteiger partial charge in [-0.15, -0.1) is 0 Å². The van der Waals surface area contributed by atoms with Gasteiger partial charge in [0, 0.05) is 42.7 Å². The molecule has 1 heterocycles. The Kier molecular flexibility index (Phi) is 6.60. The highest BCUT2D eigenvalue weighted by Crippen LogP contribution is 2.41. The van der Waals surface area contributed by atoms with Crippen LogP contribution in [0.25, 0.3) is 0 Å². The minimum atomic E-state index is 0.469. The third kappa shape index (κ3) is 5.35. The average Bonchev–Trinajstić information content (AvgIpc) is 3.36. The largest absolute Gasteiger partial charge is 0.354 e. The van der Waals surface area contributed by atoms with Crippen LogP contribution in [0.2, 0.25) is 5.02 Å². The maximum absolute atomic E-state index is 6.12. The van der Waals surface area contributed by atoms with Gasteiger partial charge in [0.15, 0.2) is 5.96 Å². The van der Waals surface area contributed by atoms with Gasteiger partial charge in [-0.05, 0) is 56.8 Å². The van der Waals surface area contributed by atoms with Crippen molar-refractivity contribution in [3.8, 4) is 0 Å². The number of nitrogens with one attached hydrogen (secondary N) is 2. The molecule has 1 saturated heterocycles. The first-order chi connectivity index (χ1) is 12.2. The van der Waals surface area contributed by atoms with E-state index in [0.717, 1.165) is 23.9 Å². The van der Waals surface area contributed by atoms with Crippen LogP contribution in [-0.4, -0.2) is 49.1 Å². The molecule has 1 aliphatic carbocycles. The fourth-order valence-electron chi connectivity index (χ4n) is 3.74. The number of guanidine groups is 1. The van der Waals surface area contributed by atoms with E-state index in [-0.39, 0.29) is 0 Å². The van der Waals surface area contributed by atoms with Crippen molar-refractivity contribution in [2.75, 3.05) is 26.2 Å². The van der Waals surface area contributed by atoms with Gasteiger partial charge in [0.2, 0.25) is 0 Å². The number of piperidine rings is 1. The van der Waals surface area contributed by atoms with Gasteiger partial charge in [-0.1, -0.05) is 30.7 Å². The fraction of sp³-hybridized carbons (Fsp3) is 0.650. The number of aliphatic imine (C=N–C) groups is 1. The van der Waals surface area contributed by atoms with Crippen LogP contribution in [0, 0.1) is 0 Å². The van der Waals surface area contributed by atoms with Gasteiger partial charge >= 0.3 is 0 Å². The van der Waals surface area contributed by atoms with Crippen molar-refractivity contribution in [3.05, 3.63) is 34.9 Å². The first-order valence-electron chi connectivity index (χ1n) is 9.75. The van der Waals surface area contributed by atoms with Crippen molar-refractivity contribution >= 4 is 17.6 Å². The smallest absolute Gasteiger partial charge is 0.191 e. The lowest BCUT2D eigenvalue weighted by Gasteiger charge is -2.33. The SMILES string of the molecule is CCCN1CCC(NC(=NCC)NC2CC2c2cccc(Cl)c2)CC1. The van der Waals surface area contributed by atoms with Crippen LogP contribution < -0.4 is 10.6 Å². The van der Waals surface area contributed by atoms with Crippen molar-refractivity contribution < 1.29 is 0 Å². The van der Waals surface area contributed by atoms with Crippen molar-refractivity contribution in [1.29, 1.82) is 0 Å². The number of hydrogen-bond donors (Lipinski definition) is 2. The second kappa shape index (κ2) is 8.91. The summed E-state index contributed by atoms with van der Waals surface area (Å²) in [6, 6.07) is 9.24. The summed E-state index contributed by atoms with van der Waals surface area (Å²) in [6.45, 7) is 8.77. The minimum absolute atomic E-state index is 0.469. The van der Waals surface area contributed by atoms with Gasteiger partial charge in [-0.2, -0.15) is 0 Å². The fourth-order valence-corrected chi connectivity index (χ4v) is 3.94. The molecule has 0 radical (unpaired) electrons. The molecule has 1 aliphatic heterocycles. The van der Waals surface area contributed by atoms with E-state index in [1.165, 1.54) is 44.5 Å². The third-order valence-electron chi connectivity index (χ3n) is 5.17. The molecule has 0 amide bonds. The Balaban J connectivity index is 1.49. The summed E-state index contributed by atoms with van der Waals surface area (Å²) in [7, 11) is 0. The minimum Gasteiger partial charge on any atom is -0.354 e. The molecule has 1 aromatic carbocycles. The van der Waals surface area contributed by atoms with Gasteiger partial charge in [-0.3, -0.25) is 4.99 Å². The second-order valence-electron chi connectivity index (χ2n) is 7.23. The molecule has 5 heteroatoms. The van der Waals surface area contributed by atoms with Gasteiger partial charge in [0.1, 0.15) is 0 Å². The van der Waals surface area contributed by atoms with Crippen LogP contribution in [-0.2, 0) is 0 Å². The van der Waals surface area contributed by atoms with Gasteiger partial charge in [-0.25, -0.2) is 0 Å². The maximum Gasteiger partial charge on any atom is 0.191 e. The van der Waals surface area contributed by atoms with Crippen LogP contribution in [0.1, 0.15) is 51.0 Å². The molecule has 2 atom stereocenters. The monoisotopic (exact) mass is 362 g/mol. The van der Waals surface area contributed by atoms with Crippen LogP contribution >= 0.6 is 11.6 Å². The van der Waals surface area contributed by atoms with E-state index in [0.29, 0.717) is 18.0 Å². The Labute approximate surface area is 157 Å². The topological polar surface area (TPSA) is 39.7 Å². The molecular weight excluding hydrogens is 332 g/mol. The number of rotatable bonds is 6. The number of nitrogens with zero attached hydrogens (tertiary/aromatic N) is 2. The molecule has 2 fully saturated rings. The van der Waals surface area contributed by atoms with Gasteiger partial charge < -0.3 is 15.5 Å². The molecule has 0 aromatic heterocycles. The van der Waals surface area contributed by atoms with Crippen molar-refractivity contribution in [2.45, 2.75) is 57.5 Å². The highest BCUT2D eigenvalue weighted by molar-refractivity contribution is 6.30. The number of benzene rings is 1. The zero-order valence-corrected chi connectivity index (χ0v) is 16.2. The Morgan fingerprint density at radius 3 is 2.72 bits per heavy atom. The van der Waals surface area contributed by atoms with Crippen molar-refractivity contribution in [2.24, 2.45) is 4.99 Å². The summed E-state index contributed by atoms with van der Waals surface area (Å²) >= 11 is 6.12. The molecule has 2 unspecified atom stereocenters. The summed E-state index contributed by atoms with van der Waals surface area (Å²) in [6.07, 6.45) is 4.80. The van der Waals surface area contributed by atoms with E-state index in [9.17, 15) is 0 Å². The lowest BCUT2D eigenvalue weighted by molar-refractivity contribution is 0.206. The molecule has 3 rings (SSSR count). The first-order valence-corrected chi connectivity index (χ1v) is 10.1. The Morgan fingerprint density at radius 1 is 1.24 bits per heavy atom. The lowest BCUT2D eigenvalue weighted by atomic mass is 10.1. The molecule has 25 heavy (non-hydrogen) atoms. The van der Waals surface area contributed by atoms with Crippen LogP contribution in [0.15, 0.2) is 29.3 Å². The van der Waals surface area contributed by atoms with E-state index in [1.54, 1.807) is 0 Å². The van der Waals surface area contributed by atoms with E-state index in [1.807, 2.05) is 12.1 Å². The van der Waals surface area contributed by atoms with Crippen LogP contribution in [0.3, 0.4) is 0 Å². The maximum atomic E-state index is 6.12. The molecule has 2 aliphatic rings. The third-order valence-corrected chi connectivity index (χ3v) is 5.41. The van der Waals surface area contributed by atoms with Crippen LogP contribution in [0.4, 0.5) is 0 Å². The molecule has 1 aromatic rings. The van der Waals surface area contributed by atoms with E-state index >= 15 is 0 Å². The highest BCUT2D eigenvalue weighted by atomic mass is 35.5. The number of halogens is 1.